The van der Waals surface area contributed by atoms with Crippen molar-refractivity contribution in [2.24, 2.45) is 5.92 Å². The Morgan fingerprint density at radius 2 is 2.00 bits per heavy atom. The smallest absolute Gasteiger partial charge is 0.0205 e. The molecule has 0 aliphatic carbocycles. The van der Waals surface area contributed by atoms with E-state index >= 15 is 0 Å². The topological polar surface area (TPSA) is 15.3 Å². The van der Waals surface area contributed by atoms with Crippen LogP contribution < -0.4 is 5.32 Å². The third-order valence-corrected chi connectivity index (χ3v) is 4.10. The molecular weight excluding hydrogens is 172 g/mol. The fraction of sp³-hybridized carbons (Fsp3) is 1.00. The molecule has 2 rings (SSSR count). The Morgan fingerprint density at radius 1 is 1.29 bits per heavy atom. The molecule has 2 heteroatoms. The van der Waals surface area contributed by atoms with Gasteiger partial charge in [0.05, 0.1) is 0 Å². The third-order valence-electron chi connectivity index (χ3n) is 4.10. The van der Waals surface area contributed by atoms with Gasteiger partial charge in [0, 0.05) is 12.1 Å². The molecule has 2 nitrogen and oxygen atoms in total. The van der Waals surface area contributed by atoms with Gasteiger partial charge < -0.3 is 5.32 Å². The fourth-order valence-electron chi connectivity index (χ4n) is 2.96. The van der Waals surface area contributed by atoms with Crippen LogP contribution in [0, 0.1) is 5.92 Å². The van der Waals surface area contributed by atoms with Gasteiger partial charge in [-0.3, -0.25) is 4.90 Å². The van der Waals surface area contributed by atoms with Crippen molar-refractivity contribution in [1.29, 1.82) is 0 Å². The van der Waals surface area contributed by atoms with Crippen molar-refractivity contribution in [3.8, 4) is 0 Å². The lowest BCUT2D eigenvalue weighted by Crippen LogP contribution is -2.55. The molecule has 14 heavy (non-hydrogen) atoms. The monoisotopic (exact) mass is 196 g/mol. The summed E-state index contributed by atoms with van der Waals surface area (Å²) in [5.41, 5.74) is 0.500. The number of piperidine rings is 2. The SMILES string of the molecule is CC1CCCN(C2(C)CCNCC2)C1. The van der Waals surface area contributed by atoms with Crippen molar-refractivity contribution in [3.63, 3.8) is 0 Å². The molecule has 0 aromatic carbocycles. The molecule has 1 unspecified atom stereocenters. The van der Waals surface area contributed by atoms with E-state index in [9.17, 15) is 0 Å². The first-order chi connectivity index (χ1) is 6.71. The Labute approximate surface area is 88.1 Å². The number of rotatable bonds is 1. The van der Waals surface area contributed by atoms with E-state index in [1.54, 1.807) is 0 Å². The number of hydrogen-bond donors (Lipinski definition) is 1. The van der Waals surface area contributed by atoms with Crippen molar-refractivity contribution in [3.05, 3.63) is 0 Å². The number of nitrogens with zero attached hydrogens (tertiary/aromatic N) is 1. The van der Waals surface area contributed by atoms with Gasteiger partial charge in [0.15, 0.2) is 0 Å². The van der Waals surface area contributed by atoms with Crippen molar-refractivity contribution >= 4 is 0 Å². The first kappa shape index (κ1) is 10.4. The molecule has 0 aromatic rings. The molecule has 2 heterocycles. The van der Waals surface area contributed by atoms with E-state index in [0.717, 1.165) is 5.92 Å². The molecule has 0 spiro atoms. The predicted molar refractivity (Wildman–Crippen MR) is 60.5 cm³/mol. The van der Waals surface area contributed by atoms with Crippen molar-refractivity contribution < 1.29 is 0 Å². The fourth-order valence-corrected chi connectivity index (χ4v) is 2.96. The van der Waals surface area contributed by atoms with Gasteiger partial charge in [-0.2, -0.15) is 0 Å². The second-order valence-corrected chi connectivity index (χ2v) is 5.44. The molecule has 2 aliphatic rings. The second kappa shape index (κ2) is 4.19. The van der Waals surface area contributed by atoms with Gasteiger partial charge in [-0.05, 0) is 58.2 Å². The summed E-state index contributed by atoms with van der Waals surface area (Å²) in [5.74, 6) is 0.912. The molecule has 0 radical (unpaired) electrons. The molecule has 0 saturated carbocycles. The van der Waals surface area contributed by atoms with E-state index in [4.69, 9.17) is 0 Å². The molecule has 0 aromatic heterocycles. The lowest BCUT2D eigenvalue weighted by atomic mass is 9.85. The van der Waals surface area contributed by atoms with Crippen LogP contribution in [0.5, 0.6) is 0 Å². The molecule has 1 N–H and O–H groups in total. The number of nitrogens with one attached hydrogen (secondary N) is 1. The van der Waals surface area contributed by atoms with E-state index in [0.29, 0.717) is 5.54 Å². The Hall–Kier alpha value is -0.0800. The van der Waals surface area contributed by atoms with Crippen LogP contribution in [0.1, 0.15) is 39.5 Å². The quantitative estimate of drug-likeness (QED) is 0.688. The summed E-state index contributed by atoms with van der Waals surface area (Å²) in [6.45, 7) is 9.95. The van der Waals surface area contributed by atoms with Crippen LogP contribution in [-0.4, -0.2) is 36.6 Å². The summed E-state index contributed by atoms with van der Waals surface area (Å²) in [6.07, 6.45) is 5.51. The lowest BCUT2D eigenvalue weighted by Gasteiger charge is -2.47. The maximum absolute atomic E-state index is 3.46. The van der Waals surface area contributed by atoms with Crippen LogP contribution >= 0.6 is 0 Å². The zero-order chi connectivity index (χ0) is 10.0. The second-order valence-electron chi connectivity index (χ2n) is 5.44. The highest BCUT2D eigenvalue weighted by molar-refractivity contribution is 4.92. The number of likely N-dealkylation sites (tertiary alicyclic amines) is 1. The van der Waals surface area contributed by atoms with Crippen LogP contribution in [0.25, 0.3) is 0 Å². The van der Waals surface area contributed by atoms with Crippen LogP contribution in [0.2, 0.25) is 0 Å². The Balaban J connectivity index is 1.97. The highest BCUT2D eigenvalue weighted by Crippen LogP contribution is 2.30. The highest BCUT2D eigenvalue weighted by atomic mass is 15.2. The maximum atomic E-state index is 3.46. The Bertz CT molecular complexity index is 185. The van der Waals surface area contributed by atoms with Gasteiger partial charge in [0.25, 0.3) is 0 Å². The molecule has 0 amide bonds. The summed E-state index contributed by atoms with van der Waals surface area (Å²) in [5, 5.41) is 3.46. The maximum Gasteiger partial charge on any atom is 0.0205 e. The van der Waals surface area contributed by atoms with E-state index < -0.39 is 0 Å². The highest BCUT2D eigenvalue weighted by Gasteiger charge is 2.34. The molecule has 2 aliphatic heterocycles. The summed E-state index contributed by atoms with van der Waals surface area (Å²) in [4.78, 5) is 2.75. The van der Waals surface area contributed by atoms with Crippen LogP contribution in [0.4, 0.5) is 0 Å². The van der Waals surface area contributed by atoms with E-state index in [1.165, 1.54) is 51.9 Å². The first-order valence-electron chi connectivity index (χ1n) is 6.16. The largest absolute Gasteiger partial charge is 0.317 e. The minimum atomic E-state index is 0.500. The van der Waals surface area contributed by atoms with Gasteiger partial charge in [-0.25, -0.2) is 0 Å². The average molecular weight is 196 g/mol. The normalized spacial score (nSPS) is 34.3. The van der Waals surface area contributed by atoms with Crippen LogP contribution in [0.15, 0.2) is 0 Å². The standard InChI is InChI=1S/C12H24N2/c1-11-4-3-9-14(10-11)12(2)5-7-13-8-6-12/h11,13H,3-10H2,1-2H3. The van der Waals surface area contributed by atoms with Gasteiger partial charge in [0.2, 0.25) is 0 Å². The predicted octanol–water partition coefficient (Wildman–Crippen LogP) is 1.86. The Morgan fingerprint density at radius 3 is 2.64 bits per heavy atom. The Kier molecular flexibility index (Phi) is 3.13. The van der Waals surface area contributed by atoms with Crippen molar-refractivity contribution in [1.82, 2.24) is 10.2 Å². The first-order valence-corrected chi connectivity index (χ1v) is 6.16. The number of hydrogen-bond acceptors (Lipinski definition) is 2. The van der Waals surface area contributed by atoms with Gasteiger partial charge in [-0.15, -0.1) is 0 Å². The van der Waals surface area contributed by atoms with Crippen LogP contribution in [-0.2, 0) is 0 Å². The van der Waals surface area contributed by atoms with Crippen molar-refractivity contribution in [2.45, 2.75) is 45.1 Å². The lowest BCUT2D eigenvalue weighted by molar-refractivity contribution is 0.0358. The minimum absolute atomic E-state index is 0.500. The molecular formula is C12H24N2. The zero-order valence-electron chi connectivity index (χ0n) is 9.68. The minimum Gasteiger partial charge on any atom is -0.317 e. The molecule has 2 fully saturated rings. The zero-order valence-corrected chi connectivity index (χ0v) is 9.68. The summed E-state index contributed by atoms with van der Waals surface area (Å²) in [7, 11) is 0. The molecule has 0 bridgehead atoms. The van der Waals surface area contributed by atoms with Gasteiger partial charge in [-0.1, -0.05) is 6.92 Å². The average Bonchev–Trinajstić information content (AvgIpc) is 2.19. The van der Waals surface area contributed by atoms with E-state index in [-0.39, 0.29) is 0 Å². The summed E-state index contributed by atoms with van der Waals surface area (Å²) < 4.78 is 0. The third kappa shape index (κ3) is 2.12. The van der Waals surface area contributed by atoms with Gasteiger partial charge in [0.1, 0.15) is 0 Å². The summed E-state index contributed by atoms with van der Waals surface area (Å²) in [6, 6.07) is 0. The molecule has 1 atom stereocenters. The van der Waals surface area contributed by atoms with E-state index in [1.807, 2.05) is 0 Å². The van der Waals surface area contributed by atoms with E-state index in [2.05, 4.69) is 24.1 Å². The van der Waals surface area contributed by atoms with Crippen molar-refractivity contribution in [2.75, 3.05) is 26.2 Å². The summed E-state index contributed by atoms with van der Waals surface area (Å²) >= 11 is 0. The molecule has 2 saturated heterocycles. The van der Waals surface area contributed by atoms with Crippen LogP contribution in [0.3, 0.4) is 0 Å². The van der Waals surface area contributed by atoms with Gasteiger partial charge >= 0.3 is 0 Å². The molecule has 82 valence electrons.